The summed E-state index contributed by atoms with van der Waals surface area (Å²) in [5.41, 5.74) is 6.26. The molecule has 1 aromatic heterocycles. The van der Waals surface area contributed by atoms with Crippen LogP contribution in [0, 0.1) is 0 Å². The van der Waals surface area contributed by atoms with Crippen LogP contribution in [0.15, 0.2) is 18.2 Å². The molecule has 2 rings (SSSR count). The normalized spacial score (nSPS) is 12.9. The molecule has 84 valence electrons. The molecule has 0 radical (unpaired) electrons. The second-order valence-corrected chi connectivity index (χ2v) is 4.92. The first-order chi connectivity index (χ1) is 7.56. The van der Waals surface area contributed by atoms with E-state index in [0.29, 0.717) is 10.0 Å². The van der Waals surface area contributed by atoms with Crippen molar-refractivity contribution in [3.05, 3.63) is 28.2 Å². The number of nitrogens with two attached hydrogens (primary N) is 1. The van der Waals surface area contributed by atoms with Crippen LogP contribution in [0.4, 0.5) is 0 Å². The molecule has 0 amide bonds. The molecule has 0 saturated heterocycles. The minimum atomic E-state index is -1.02. The van der Waals surface area contributed by atoms with Crippen LogP contribution in [0.1, 0.15) is 5.01 Å². The van der Waals surface area contributed by atoms with E-state index in [1.807, 2.05) is 12.1 Å². The molecule has 0 unspecified atom stereocenters. The van der Waals surface area contributed by atoms with Crippen molar-refractivity contribution in [2.24, 2.45) is 5.73 Å². The Hall–Kier alpha value is -1.17. The van der Waals surface area contributed by atoms with Gasteiger partial charge in [-0.2, -0.15) is 0 Å². The van der Waals surface area contributed by atoms with E-state index in [1.165, 1.54) is 11.3 Å². The average molecular weight is 257 g/mol. The van der Waals surface area contributed by atoms with Crippen LogP contribution < -0.4 is 5.73 Å². The third kappa shape index (κ3) is 2.32. The number of carbonyl (C=O) groups is 1. The number of hydrogen-bond donors (Lipinski definition) is 2. The summed E-state index contributed by atoms with van der Waals surface area (Å²) in [6.45, 7) is 0. The van der Waals surface area contributed by atoms with Crippen LogP contribution in [-0.2, 0) is 11.2 Å². The first-order valence-electron chi connectivity index (χ1n) is 4.59. The van der Waals surface area contributed by atoms with Gasteiger partial charge >= 0.3 is 5.97 Å². The molecule has 0 bridgehead atoms. The summed E-state index contributed by atoms with van der Waals surface area (Å²) >= 11 is 7.26. The molecule has 2 aromatic rings. The van der Waals surface area contributed by atoms with Gasteiger partial charge in [-0.1, -0.05) is 11.6 Å². The Balaban J connectivity index is 2.29. The molecular formula is C10H9ClN2O2S. The van der Waals surface area contributed by atoms with E-state index in [4.69, 9.17) is 22.4 Å². The minimum absolute atomic E-state index is 0.242. The number of carboxylic acids is 1. The van der Waals surface area contributed by atoms with E-state index >= 15 is 0 Å². The standard InChI is InChI=1S/C10H9ClN2O2S/c11-5-1-2-7-8(3-5)16-9(13-7)4-6(12)10(14)15/h1-3,6H,4,12H2,(H,14,15)/t6-/m0/s1. The molecule has 0 aliphatic carbocycles. The lowest BCUT2D eigenvalue weighted by molar-refractivity contribution is -0.138. The van der Waals surface area contributed by atoms with Gasteiger partial charge in [0.25, 0.3) is 0 Å². The number of benzene rings is 1. The maximum absolute atomic E-state index is 10.6. The van der Waals surface area contributed by atoms with Crippen LogP contribution in [0.3, 0.4) is 0 Å². The van der Waals surface area contributed by atoms with Gasteiger partial charge in [0.1, 0.15) is 6.04 Å². The lowest BCUT2D eigenvalue weighted by atomic mass is 10.2. The van der Waals surface area contributed by atoms with Gasteiger partial charge in [-0.25, -0.2) is 4.98 Å². The molecule has 4 nitrogen and oxygen atoms in total. The van der Waals surface area contributed by atoms with Crippen molar-refractivity contribution < 1.29 is 9.90 Å². The van der Waals surface area contributed by atoms with Crippen molar-refractivity contribution in [3.63, 3.8) is 0 Å². The van der Waals surface area contributed by atoms with Crippen molar-refractivity contribution >= 4 is 39.1 Å². The Bertz CT molecular complexity index is 541. The van der Waals surface area contributed by atoms with Gasteiger partial charge < -0.3 is 10.8 Å². The molecule has 0 spiro atoms. The Morgan fingerprint density at radius 2 is 2.38 bits per heavy atom. The number of aromatic nitrogens is 1. The number of aliphatic carboxylic acids is 1. The van der Waals surface area contributed by atoms with E-state index in [9.17, 15) is 4.79 Å². The summed E-state index contributed by atoms with van der Waals surface area (Å²) in [6.07, 6.45) is 0.242. The molecule has 0 aliphatic rings. The van der Waals surface area contributed by atoms with E-state index in [-0.39, 0.29) is 6.42 Å². The van der Waals surface area contributed by atoms with E-state index in [2.05, 4.69) is 4.98 Å². The number of fused-ring (bicyclic) bond motifs is 1. The highest BCUT2D eigenvalue weighted by Crippen LogP contribution is 2.25. The number of carboxylic acid groups (broad SMARTS) is 1. The van der Waals surface area contributed by atoms with E-state index in [1.54, 1.807) is 6.07 Å². The van der Waals surface area contributed by atoms with Crippen LogP contribution in [0.2, 0.25) is 5.02 Å². The van der Waals surface area contributed by atoms with Gasteiger partial charge in [0.15, 0.2) is 0 Å². The topological polar surface area (TPSA) is 76.2 Å². The van der Waals surface area contributed by atoms with E-state index in [0.717, 1.165) is 10.2 Å². The van der Waals surface area contributed by atoms with Crippen LogP contribution >= 0.6 is 22.9 Å². The summed E-state index contributed by atoms with van der Waals surface area (Å²) in [5.74, 6) is -1.02. The fourth-order valence-corrected chi connectivity index (χ4v) is 2.61. The molecule has 1 atom stereocenters. The Morgan fingerprint density at radius 1 is 1.62 bits per heavy atom. The lowest BCUT2D eigenvalue weighted by Crippen LogP contribution is -2.32. The van der Waals surface area contributed by atoms with Crippen molar-refractivity contribution in [1.29, 1.82) is 0 Å². The summed E-state index contributed by atoms with van der Waals surface area (Å²) in [7, 11) is 0. The number of nitrogens with zero attached hydrogens (tertiary/aromatic N) is 1. The second-order valence-electron chi connectivity index (χ2n) is 3.37. The fourth-order valence-electron chi connectivity index (χ4n) is 1.31. The van der Waals surface area contributed by atoms with Crippen LogP contribution in [0.25, 0.3) is 10.2 Å². The monoisotopic (exact) mass is 256 g/mol. The zero-order valence-corrected chi connectivity index (χ0v) is 9.76. The van der Waals surface area contributed by atoms with Crippen molar-refractivity contribution in [2.75, 3.05) is 0 Å². The molecule has 0 aliphatic heterocycles. The predicted molar refractivity (Wildman–Crippen MR) is 63.9 cm³/mol. The Morgan fingerprint density at radius 3 is 3.06 bits per heavy atom. The molecular weight excluding hydrogens is 248 g/mol. The summed E-state index contributed by atoms with van der Waals surface area (Å²) in [4.78, 5) is 14.9. The summed E-state index contributed by atoms with van der Waals surface area (Å²) in [6, 6.07) is 4.47. The van der Waals surface area contributed by atoms with Gasteiger partial charge in [0, 0.05) is 11.4 Å². The largest absolute Gasteiger partial charge is 0.480 e. The maximum atomic E-state index is 10.6. The van der Waals surface area contributed by atoms with Gasteiger partial charge in [-0.05, 0) is 18.2 Å². The van der Waals surface area contributed by atoms with Crippen LogP contribution in [0.5, 0.6) is 0 Å². The molecule has 1 heterocycles. The smallest absolute Gasteiger partial charge is 0.320 e. The van der Waals surface area contributed by atoms with E-state index < -0.39 is 12.0 Å². The van der Waals surface area contributed by atoms with Gasteiger partial charge in [-0.15, -0.1) is 11.3 Å². The third-order valence-electron chi connectivity index (χ3n) is 2.11. The zero-order valence-electron chi connectivity index (χ0n) is 8.18. The second kappa shape index (κ2) is 4.37. The average Bonchev–Trinajstić information content (AvgIpc) is 2.58. The first kappa shape index (κ1) is 11.3. The maximum Gasteiger partial charge on any atom is 0.320 e. The predicted octanol–water partition coefficient (Wildman–Crippen LogP) is 1.90. The summed E-state index contributed by atoms with van der Waals surface area (Å²) < 4.78 is 0.945. The molecule has 6 heteroatoms. The lowest BCUT2D eigenvalue weighted by Gasteiger charge is -2.01. The molecule has 3 N–H and O–H groups in total. The van der Waals surface area contributed by atoms with Gasteiger partial charge in [0.2, 0.25) is 0 Å². The van der Waals surface area contributed by atoms with Crippen molar-refractivity contribution in [2.45, 2.75) is 12.5 Å². The summed E-state index contributed by atoms with van der Waals surface area (Å²) in [5, 5.41) is 10.1. The van der Waals surface area contributed by atoms with Gasteiger partial charge in [0.05, 0.1) is 15.2 Å². The molecule has 0 fully saturated rings. The number of thiazole rings is 1. The fraction of sp³-hybridized carbons (Fsp3) is 0.200. The SMILES string of the molecule is N[C@@H](Cc1nc2ccc(Cl)cc2s1)C(=O)O. The van der Waals surface area contributed by atoms with Crippen molar-refractivity contribution in [3.8, 4) is 0 Å². The van der Waals surface area contributed by atoms with Gasteiger partial charge in [-0.3, -0.25) is 4.79 Å². The molecule has 16 heavy (non-hydrogen) atoms. The third-order valence-corrected chi connectivity index (χ3v) is 3.38. The highest BCUT2D eigenvalue weighted by Gasteiger charge is 2.15. The quantitative estimate of drug-likeness (QED) is 0.880. The number of halogens is 1. The Kier molecular flexibility index (Phi) is 3.09. The minimum Gasteiger partial charge on any atom is -0.480 e. The number of hydrogen-bond acceptors (Lipinski definition) is 4. The zero-order chi connectivity index (χ0) is 11.7. The number of rotatable bonds is 3. The first-order valence-corrected chi connectivity index (χ1v) is 5.79. The highest BCUT2D eigenvalue weighted by molar-refractivity contribution is 7.18. The Labute approximate surface area is 101 Å². The molecule has 0 saturated carbocycles. The highest BCUT2D eigenvalue weighted by atomic mass is 35.5. The van der Waals surface area contributed by atoms with Crippen molar-refractivity contribution in [1.82, 2.24) is 4.98 Å². The molecule has 1 aromatic carbocycles. The van der Waals surface area contributed by atoms with Crippen LogP contribution in [-0.4, -0.2) is 22.1 Å².